The maximum absolute atomic E-state index is 12.7. The molecule has 138 valence electrons. The standard InChI is InChI=1S/C19H22ClN3O3/c1-4-21-17-9-13(20)8-15(12(17)3)18(24)22-10-16-11(2)7-14-5-6-26-23(14)19(16)25/h7-9,21H,4-6,10H2,1-3H3,(H,22,24). The van der Waals surface area contributed by atoms with E-state index in [1.807, 2.05) is 26.8 Å². The van der Waals surface area contributed by atoms with Gasteiger partial charge in [-0.25, -0.2) is 0 Å². The van der Waals surface area contributed by atoms with E-state index < -0.39 is 0 Å². The van der Waals surface area contributed by atoms with Crippen LogP contribution in [0.2, 0.25) is 5.02 Å². The fraction of sp³-hybridized carbons (Fsp3) is 0.368. The molecule has 3 rings (SSSR count). The Bertz CT molecular complexity index is 921. The zero-order valence-electron chi connectivity index (χ0n) is 15.1. The van der Waals surface area contributed by atoms with Crippen LogP contribution in [0.1, 0.15) is 39.7 Å². The minimum absolute atomic E-state index is 0.135. The molecule has 1 amide bonds. The first-order chi connectivity index (χ1) is 12.4. The molecule has 2 N–H and O–H groups in total. The van der Waals surface area contributed by atoms with Crippen LogP contribution in [0.3, 0.4) is 0 Å². The highest BCUT2D eigenvalue weighted by atomic mass is 35.5. The Morgan fingerprint density at radius 3 is 2.81 bits per heavy atom. The second-order valence-corrected chi connectivity index (χ2v) is 6.76. The van der Waals surface area contributed by atoms with Gasteiger partial charge >= 0.3 is 0 Å². The largest absolute Gasteiger partial charge is 0.410 e. The van der Waals surface area contributed by atoms with Gasteiger partial charge in [0, 0.05) is 41.3 Å². The molecule has 0 radical (unpaired) electrons. The zero-order chi connectivity index (χ0) is 18.8. The first-order valence-electron chi connectivity index (χ1n) is 8.62. The van der Waals surface area contributed by atoms with Gasteiger partial charge < -0.3 is 15.5 Å². The smallest absolute Gasteiger partial charge is 0.288 e. The number of hydrogen-bond donors (Lipinski definition) is 2. The molecule has 6 nitrogen and oxygen atoms in total. The Balaban J connectivity index is 1.84. The van der Waals surface area contributed by atoms with E-state index in [0.29, 0.717) is 22.8 Å². The van der Waals surface area contributed by atoms with Crippen LogP contribution < -0.4 is 21.0 Å². The second kappa shape index (κ2) is 7.41. The number of benzene rings is 1. The molecule has 0 saturated heterocycles. The number of anilines is 1. The molecule has 2 aromatic rings. The van der Waals surface area contributed by atoms with Gasteiger partial charge in [-0.1, -0.05) is 11.6 Å². The van der Waals surface area contributed by atoms with Crippen LogP contribution in [0.5, 0.6) is 0 Å². The predicted octanol–water partition coefficient (Wildman–Crippen LogP) is 2.47. The van der Waals surface area contributed by atoms with E-state index >= 15 is 0 Å². The van der Waals surface area contributed by atoms with Crippen LogP contribution in [-0.4, -0.2) is 23.8 Å². The molecule has 0 atom stereocenters. The number of aromatic nitrogens is 1. The summed E-state index contributed by atoms with van der Waals surface area (Å²) >= 11 is 6.14. The molecule has 1 aromatic heterocycles. The summed E-state index contributed by atoms with van der Waals surface area (Å²) in [5, 5.41) is 6.51. The Kier molecular flexibility index (Phi) is 5.23. The van der Waals surface area contributed by atoms with Gasteiger partial charge in [-0.3, -0.25) is 9.59 Å². The van der Waals surface area contributed by atoms with Crippen molar-refractivity contribution in [2.75, 3.05) is 18.5 Å². The molecule has 0 spiro atoms. The Labute approximate surface area is 157 Å². The molecule has 26 heavy (non-hydrogen) atoms. The minimum atomic E-state index is -0.269. The highest BCUT2D eigenvalue weighted by Gasteiger charge is 2.19. The SMILES string of the molecule is CCNc1cc(Cl)cc(C(=O)NCc2c(C)cc3n(c2=O)OCC3)c1C. The number of halogens is 1. The molecule has 0 unspecified atom stereocenters. The van der Waals surface area contributed by atoms with Crippen LogP contribution in [0, 0.1) is 13.8 Å². The summed E-state index contributed by atoms with van der Waals surface area (Å²) in [6, 6.07) is 5.37. The molecule has 1 aliphatic heterocycles. The Hall–Kier alpha value is -2.47. The van der Waals surface area contributed by atoms with E-state index in [1.54, 1.807) is 12.1 Å². The highest BCUT2D eigenvalue weighted by Crippen LogP contribution is 2.25. The summed E-state index contributed by atoms with van der Waals surface area (Å²) in [6.07, 6.45) is 0.720. The molecule has 2 heterocycles. The normalized spacial score (nSPS) is 12.5. The van der Waals surface area contributed by atoms with Crippen molar-refractivity contribution in [3.63, 3.8) is 0 Å². The van der Waals surface area contributed by atoms with Gasteiger partial charge in [0.05, 0.1) is 5.69 Å². The van der Waals surface area contributed by atoms with E-state index in [0.717, 1.165) is 35.5 Å². The van der Waals surface area contributed by atoms with E-state index in [2.05, 4.69) is 10.6 Å². The van der Waals surface area contributed by atoms with Crippen LogP contribution in [0.4, 0.5) is 5.69 Å². The third-order valence-electron chi connectivity index (χ3n) is 4.55. The maximum Gasteiger partial charge on any atom is 0.288 e. The van der Waals surface area contributed by atoms with Gasteiger partial charge in [0.15, 0.2) is 0 Å². The Morgan fingerprint density at radius 2 is 2.08 bits per heavy atom. The van der Waals surface area contributed by atoms with Crippen molar-refractivity contribution in [2.24, 2.45) is 0 Å². The maximum atomic E-state index is 12.7. The summed E-state index contributed by atoms with van der Waals surface area (Å²) in [7, 11) is 0. The number of fused-ring (bicyclic) bond motifs is 1. The first-order valence-corrected chi connectivity index (χ1v) is 9.00. The number of hydrogen-bond acceptors (Lipinski definition) is 4. The highest BCUT2D eigenvalue weighted by molar-refractivity contribution is 6.31. The number of carbonyl (C=O) groups excluding carboxylic acids is 1. The number of carbonyl (C=O) groups is 1. The van der Waals surface area contributed by atoms with Crippen molar-refractivity contribution in [1.29, 1.82) is 0 Å². The van der Waals surface area contributed by atoms with E-state index in [-0.39, 0.29) is 18.0 Å². The van der Waals surface area contributed by atoms with Gasteiger partial charge in [-0.15, -0.1) is 4.73 Å². The van der Waals surface area contributed by atoms with Gasteiger partial charge in [0.2, 0.25) is 0 Å². The van der Waals surface area contributed by atoms with Crippen LogP contribution in [0.25, 0.3) is 0 Å². The van der Waals surface area contributed by atoms with Crippen LogP contribution in [-0.2, 0) is 13.0 Å². The number of aryl methyl sites for hydroxylation is 1. The van der Waals surface area contributed by atoms with E-state index in [4.69, 9.17) is 16.4 Å². The molecular weight excluding hydrogens is 354 g/mol. The van der Waals surface area contributed by atoms with E-state index in [9.17, 15) is 9.59 Å². The quantitative estimate of drug-likeness (QED) is 0.842. The molecule has 0 fully saturated rings. The molecule has 7 heteroatoms. The first kappa shape index (κ1) is 18.3. The van der Waals surface area contributed by atoms with Crippen molar-refractivity contribution in [3.8, 4) is 0 Å². The number of nitrogens with one attached hydrogen (secondary N) is 2. The van der Waals surface area contributed by atoms with Crippen LogP contribution in [0.15, 0.2) is 23.0 Å². The lowest BCUT2D eigenvalue weighted by molar-refractivity contribution is 0.0949. The van der Waals surface area contributed by atoms with Gasteiger partial charge in [0.1, 0.15) is 6.61 Å². The van der Waals surface area contributed by atoms with Gasteiger partial charge in [0.25, 0.3) is 11.5 Å². The molecule has 0 saturated carbocycles. The fourth-order valence-electron chi connectivity index (χ4n) is 3.14. The average molecular weight is 376 g/mol. The molecule has 0 bridgehead atoms. The number of pyridine rings is 1. The van der Waals surface area contributed by atoms with Gasteiger partial charge in [-0.05, 0) is 50.1 Å². The predicted molar refractivity (Wildman–Crippen MR) is 102 cm³/mol. The topological polar surface area (TPSA) is 72.4 Å². The van der Waals surface area contributed by atoms with Crippen molar-refractivity contribution in [1.82, 2.24) is 10.0 Å². The molecule has 1 aromatic carbocycles. The van der Waals surface area contributed by atoms with Crippen molar-refractivity contribution in [3.05, 3.63) is 61.5 Å². The average Bonchev–Trinajstić information content (AvgIpc) is 3.06. The number of nitrogens with zero attached hydrogens (tertiary/aromatic N) is 1. The lowest BCUT2D eigenvalue weighted by atomic mass is 10.1. The summed E-state index contributed by atoms with van der Waals surface area (Å²) < 4.78 is 1.32. The molecule has 0 aliphatic carbocycles. The third kappa shape index (κ3) is 3.42. The molecular formula is C19H22ClN3O3. The monoisotopic (exact) mass is 375 g/mol. The van der Waals surface area contributed by atoms with Crippen molar-refractivity contribution < 1.29 is 9.63 Å². The van der Waals surface area contributed by atoms with Crippen molar-refractivity contribution in [2.45, 2.75) is 33.7 Å². The van der Waals surface area contributed by atoms with Crippen molar-refractivity contribution >= 4 is 23.2 Å². The number of amides is 1. The second-order valence-electron chi connectivity index (χ2n) is 6.32. The number of rotatable bonds is 5. The van der Waals surface area contributed by atoms with E-state index in [1.165, 1.54) is 4.73 Å². The summed E-state index contributed by atoms with van der Waals surface area (Å²) in [5.74, 6) is -0.269. The fourth-order valence-corrected chi connectivity index (χ4v) is 3.36. The molecule has 1 aliphatic rings. The summed E-state index contributed by atoms with van der Waals surface area (Å²) in [6.45, 7) is 7.08. The minimum Gasteiger partial charge on any atom is -0.410 e. The van der Waals surface area contributed by atoms with Gasteiger partial charge in [-0.2, -0.15) is 0 Å². The van der Waals surface area contributed by atoms with Crippen LogP contribution >= 0.6 is 11.6 Å². The summed E-state index contributed by atoms with van der Waals surface area (Å²) in [4.78, 5) is 30.6. The lowest BCUT2D eigenvalue weighted by Crippen LogP contribution is -2.33. The zero-order valence-corrected chi connectivity index (χ0v) is 15.9. The summed E-state index contributed by atoms with van der Waals surface area (Å²) in [5.41, 5.74) is 4.16. The third-order valence-corrected chi connectivity index (χ3v) is 4.77. The lowest BCUT2D eigenvalue weighted by Gasteiger charge is -2.14. The Morgan fingerprint density at radius 1 is 1.31 bits per heavy atom.